The van der Waals surface area contributed by atoms with Crippen molar-refractivity contribution in [3.63, 3.8) is 0 Å². The van der Waals surface area contributed by atoms with Crippen LogP contribution in [0.2, 0.25) is 0 Å². The molecule has 0 aromatic carbocycles. The summed E-state index contributed by atoms with van der Waals surface area (Å²) >= 11 is 6.87. The van der Waals surface area contributed by atoms with Gasteiger partial charge in [0, 0.05) is 38.0 Å². The highest BCUT2D eigenvalue weighted by Crippen LogP contribution is 2.25. The van der Waals surface area contributed by atoms with Crippen LogP contribution in [0.15, 0.2) is 21.2 Å². The Balaban J connectivity index is 2.61. The van der Waals surface area contributed by atoms with Crippen LogP contribution < -0.4 is 4.90 Å². The van der Waals surface area contributed by atoms with E-state index >= 15 is 0 Å². The summed E-state index contributed by atoms with van der Waals surface area (Å²) in [6.45, 7) is 1.71. The number of hydrogen-bond acceptors (Lipinski definition) is 3. The van der Waals surface area contributed by atoms with Crippen LogP contribution in [0.3, 0.4) is 0 Å². The van der Waals surface area contributed by atoms with Gasteiger partial charge in [0.05, 0.1) is 4.47 Å². The second kappa shape index (κ2) is 6.45. The molecule has 0 saturated heterocycles. The van der Waals surface area contributed by atoms with E-state index in [2.05, 4.69) is 41.7 Å². The SMILES string of the molecule is COCCCN(C)c1ncc(Br)cc1Br. The molecule has 0 fully saturated rings. The summed E-state index contributed by atoms with van der Waals surface area (Å²) in [5.74, 6) is 0.953. The molecule has 5 heteroatoms. The van der Waals surface area contributed by atoms with Gasteiger partial charge in [-0.15, -0.1) is 0 Å². The van der Waals surface area contributed by atoms with Gasteiger partial charge in [0.1, 0.15) is 5.82 Å². The van der Waals surface area contributed by atoms with E-state index in [0.29, 0.717) is 0 Å². The molecule has 0 aliphatic rings. The summed E-state index contributed by atoms with van der Waals surface area (Å²) in [7, 11) is 3.74. The van der Waals surface area contributed by atoms with Crippen LogP contribution in [0, 0.1) is 0 Å². The lowest BCUT2D eigenvalue weighted by atomic mass is 10.4. The average molecular weight is 338 g/mol. The van der Waals surface area contributed by atoms with Gasteiger partial charge in [-0.1, -0.05) is 0 Å². The number of aromatic nitrogens is 1. The number of rotatable bonds is 5. The fourth-order valence-corrected chi connectivity index (χ4v) is 2.53. The van der Waals surface area contributed by atoms with Crippen LogP contribution in [0.25, 0.3) is 0 Å². The fourth-order valence-electron chi connectivity index (χ4n) is 1.24. The lowest BCUT2D eigenvalue weighted by Gasteiger charge is -2.19. The number of nitrogens with zero attached hydrogens (tertiary/aromatic N) is 2. The Labute approximate surface area is 107 Å². The first kappa shape index (κ1) is 12.9. The first-order valence-corrected chi connectivity index (χ1v) is 6.25. The van der Waals surface area contributed by atoms with Crippen molar-refractivity contribution >= 4 is 37.7 Å². The lowest BCUT2D eigenvalue weighted by Crippen LogP contribution is -2.21. The third-order valence-electron chi connectivity index (χ3n) is 1.99. The molecule has 0 atom stereocenters. The van der Waals surface area contributed by atoms with Crippen LogP contribution in [0.5, 0.6) is 0 Å². The zero-order valence-electron chi connectivity index (χ0n) is 8.83. The summed E-state index contributed by atoms with van der Waals surface area (Å²) in [4.78, 5) is 6.45. The Morgan fingerprint density at radius 1 is 1.47 bits per heavy atom. The molecular formula is C10H14Br2N2O. The second-order valence-electron chi connectivity index (χ2n) is 3.23. The summed E-state index contributed by atoms with van der Waals surface area (Å²) in [6.07, 6.45) is 2.80. The van der Waals surface area contributed by atoms with E-state index in [1.807, 2.05) is 13.1 Å². The molecule has 15 heavy (non-hydrogen) atoms. The van der Waals surface area contributed by atoms with Crippen LogP contribution >= 0.6 is 31.9 Å². The predicted octanol–water partition coefficient (Wildman–Crippen LogP) is 3.08. The van der Waals surface area contributed by atoms with Crippen molar-refractivity contribution in [2.45, 2.75) is 6.42 Å². The largest absolute Gasteiger partial charge is 0.385 e. The van der Waals surface area contributed by atoms with Gasteiger partial charge in [-0.3, -0.25) is 0 Å². The van der Waals surface area contributed by atoms with Crippen molar-refractivity contribution in [1.82, 2.24) is 4.98 Å². The topological polar surface area (TPSA) is 25.4 Å². The molecule has 3 nitrogen and oxygen atoms in total. The molecule has 0 N–H and O–H groups in total. The monoisotopic (exact) mass is 336 g/mol. The number of halogens is 2. The zero-order valence-corrected chi connectivity index (χ0v) is 12.0. The van der Waals surface area contributed by atoms with Crippen molar-refractivity contribution in [2.75, 3.05) is 32.2 Å². The molecule has 1 aromatic rings. The van der Waals surface area contributed by atoms with Crippen LogP contribution in [0.4, 0.5) is 5.82 Å². The van der Waals surface area contributed by atoms with Crippen molar-refractivity contribution in [1.29, 1.82) is 0 Å². The lowest BCUT2D eigenvalue weighted by molar-refractivity contribution is 0.196. The molecule has 0 spiro atoms. The van der Waals surface area contributed by atoms with Crippen LogP contribution in [-0.4, -0.2) is 32.3 Å². The van der Waals surface area contributed by atoms with Crippen molar-refractivity contribution in [2.24, 2.45) is 0 Å². The number of hydrogen-bond donors (Lipinski definition) is 0. The third-order valence-corrected chi connectivity index (χ3v) is 3.01. The van der Waals surface area contributed by atoms with E-state index in [4.69, 9.17) is 4.74 Å². The predicted molar refractivity (Wildman–Crippen MR) is 69.4 cm³/mol. The summed E-state index contributed by atoms with van der Waals surface area (Å²) in [5, 5.41) is 0. The van der Waals surface area contributed by atoms with E-state index in [0.717, 1.165) is 34.3 Å². The van der Waals surface area contributed by atoms with Gasteiger partial charge in [0.25, 0.3) is 0 Å². The molecular weight excluding hydrogens is 324 g/mol. The first-order chi connectivity index (χ1) is 7.15. The van der Waals surface area contributed by atoms with E-state index in [-0.39, 0.29) is 0 Å². The summed E-state index contributed by atoms with van der Waals surface area (Å²) in [5.41, 5.74) is 0. The number of ether oxygens (including phenoxy) is 1. The Morgan fingerprint density at radius 3 is 2.80 bits per heavy atom. The molecule has 0 bridgehead atoms. The second-order valence-corrected chi connectivity index (χ2v) is 5.00. The van der Waals surface area contributed by atoms with Crippen molar-refractivity contribution in [3.05, 3.63) is 21.2 Å². The normalized spacial score (nSPS) is 10.4. The molecule has 0 aliphatic carbocycles. The fraction of sp³-hybridized carbons (Fsp3) is 0.500. The smallest absolute Gasteiger partial charge is 0.142 e. The average Bonchev–Trinajstić information content (AvgIpc) is 2.17. The van der Waals surface area contributed by atoms with E-state index in [1.54, 1.807) is 13.3 Å². The van der Waals surface area contributed by atoms with E-state index in [9.17, 15) is 0 Å². The maximum atomic E-state index is 5.01. The molecule has 0 aliphatic heterocycles. The molecule has 0 amide bonds. The molecule has 1 aromatic heterocycles. The molecule has 0 radical (unpaired) electrons. The van der Waals surface area contributed by atoms with Gasteiger partial charge in [-0.05, 0) is 44.3 Å². The minimum Gasteiger partial charge on any atom is -0.385 e. The molecule has 84 valence electrons. The first-order valence-electron chi connectivity index (χ1n) is 4.66. The van der Waals surface area contributed by atoms with Gasteiger partial charge in [0.2, 0.25) is 0 Å². The Morgan fingerprint density at radius 2 is 2.20 bits per heavy atom. The van der Waals surface area contributed by atoms with Gasteiger partial charge in [0.15, 0.2) is 0 Å². The Kier molecular flexibility index (Phi) is 5.56. The minimum absolute atomic E-state index is 0.776. The van der Waals surface area contributed by atoms with Gasteiger partial charge >= 0.3 is 0 Å². The molecule has 1 heterocycles. The molecule has 1 rings (SSSR count). The Bertz CT molecular complexity index is 320. The van der Waals surface area contributed by atoms with E-state index in [1.165, 1.54) is 0 Å². The molecule has 0 saturated carbocycles. The van der Waals surface area contributed by atoms with Crippen molar-refractivity contribution in [3.8, 4) is 0 Å². The number of methoxy groups -OCH3 is 1. The van der Waals surface area contributed by atoms with Gasteiger partial charge < -0.3 is 9.64 Å². The van der Waals surface area contributed by atoms with Gasteiger partial charge in [-0.25, -0.2) is 4.98 Å². The van der Waals surface area contributed by atoms with Crippen LogP contribution in [0.1, 0.15) is 6.42 Å². The summed E-state index contributed by atoms with van der Waals surface area (Å²) < 4.78 is 6.98. The minimum atomic E-state index is 0.776. The highest BCUT2D eigenvalue weighted by atomic mass is 79.9. The Hall–Kier alpha value is -0.130. The highest BCUT2D eigenvalue weighted by molar-refractivity contribution is 9.11. The standard InChI is InChI=1S/C10H14Br2N2O/c1-14(4-3-5-15-2)10-9(12)6-8(11)7-13-10/h6-7H,3-5H2,1-2H3. The molecule has 0 unspecified atom stereocenters. The van der Waals surface area contributed by atoms with Gasteiger partial charge in [-0.2, -0.15) is 0 Å². The summed E-state index contributed by atoms with van der Waals surface area (Å²) in [6, 6.07) is 2.00. The number of anilines is 1. The van der Waals surface area contributed by atoms with Crippen molar-refractivity contribution < 1.29 is 4.74 Å². The quantitative estimate of drug-likeness (QED) is 0.772. The maximum Gasteiger partial charge on any atom is 0.142 e. The van der Waals surface area contributed by atoms with Crippen LogP contribution in [-0.2, 0) is 4.74 Å². The number of pyridine rings is 1. The zero-order chi connectivity index (χ0) is 11.3. The highest BCUT2D eigenvalue weighted by Gasteiger charge is 2.07. The third kappa shape index (κ3) is 4.09. The van der Waals surface area contributed by atoms with E-state index < -0.39 is 0 Å². The maximum absolute atomic E-state index is 5.01.